The van der Waals surface area contributed by atoms with Crippen molar-refractivity contribution in [2.24, 2.45) is 0 Å². The van der Waals surface area contributed by atoms with Crippen molar-refractivity contribution in [3.63, 3.8) is 0 Å². The molecule has 1 aromatic carbocycles. The molecular weight excluding hydrogens is 389 g/mol. The first-order valence-electron chi connectivity index (χ1n) is 8.95. The van der Waals surface area contributed by atoms with E-state index in [9.17, 15) is 0 Å². The Morgan fingerprint density at radius 1 is 0.731 bits per heavy atom. The molecule has 136 valence electrons. The summed E-state index contributed by atoms with van der Waals surface area (Å²) in [6, 6.07) is 11.6. The van der Waals surface area contributed by atoms with Gasteiger partial charge in [0, 0.05) is 10.4 Å². The van der Waals surface area contributed by atoms with Crippen molar-refractivity contribution >= 4 is 23.6 Å². The first-order valence-corrected chi connectivity index (χ1v) is 11.8. The molecule has 26 heavy (non-hydrogen) atoms. The molecule has 2 aliphatic rings. The van der Waals surface area contributed by atoms with Gasteiger partial charge in [0.15, 0.2) is 0 Å². The average molecular weight is 416 g/mol. The molecule has 0 unspecified atom stereocenters. The molecule has 0 aromatic heterocycles. The monoisotopic (exact) mass is 416 g/mol. The van der Waals surface area contributed by atoms with E-state index < -0.39 is 10.4 Å². The molecule has 1 aromatic rings. The molecule has 2 aliphatic carbocycles. The summed E-state index contributed by atoms with van der Waals surface area (Å²) in [7, 11) is -5.06. The van der Waals surface area contributed by atoms with Crippen LogP contribution in [0.1, 0.15) is 64.2 Å². The molecule has 0 spiro atoms. The van der Waals surface area contributed by atoms with Crippen LogP contribution in [0.25, 0.3) is 0 Å². The molecule has 3 rings (SSSR count). The molecule has 4 nitrogen and oxygen atoms in total. The third-order valence-electron chi connectivity index (χ3n) is 4.99. The number of hydrogen-bond acceptors (Lipinski definition) is 4. The van der Waals surface area contributed by atoms with Gasteiger partial charge in [0.25, 0.3) is 0 Å². The maximum absolute atomic E-state index is 8.52. The molecule has 2 saturated carbocycles. The molecule has 0 aliphatic heterocycles. The van der Waals surface area contributed by atoms with E-state index in [2.05, 4.69) is 30.3 Å². The summed E-state index contributed by atoms with van der Waals surface area (Å²) in [5, 5.41) is 1.70. The van der Waals surface area contributed by atoms with E-state index in [0.717, 1.165) is 11.3 Å². The van der Waals surface area contributed by atoms with Gasteiger partial charge in [-0.15, -0.1) is 0 Å². The van der Waals surface area contributed by atoms with Gasteiger partial charge in [-0.05, 0) is 42.3 Å². The fourth-order valence-corrected chi connectivity index (χ4v) is 7.84. The van der Waals surface area contributed by atoms with Gasteiger partial charge in [0.1, 0.15) is 0 Å². The van der Waals surface area contributed by atoms with Crippen LogP contribution in [0.15, 0.2) is 30.3 Å². The Hall–Kier alpha value is 1.52. The maximum Gasteiger partial charge on any atom is 1.00 e. The van der Waals surface area contributed by atoms with E-state index in [0.29, 0.717) is 0 Å². The Morgan fingerprint density at radius 3 is 1.42 bits per heavy atom. The predicted molar refractivity (Wildman–Crippen MR) is 97.2 cm³/mol. The Bertz CT molecular complexity index is 548. The standard InChI is InChI=1S/C18H27P.2Na.H2O4S/c1-4-10-16(11-5-1)19(17-12-6-2-7-13-17)18-14-8-3-9-15-18;;;1-5(2,3)4/h1,4-5,10-11,17-18H,2-3,6-9,12-15H2;;;(H2,1,2,3,4)/q;2*+1;/p-2. The van der Waals surface area contributed by atoms with Gasteiger partial charge in [0.2, 0.25) is 0 Å². The number of hydrogen-bond donors (Lipinski definition) is 0. The quantitative estimate of drug-likeness (QED) is 0.250. The zero-order chi connectivity index (χ0) is 17.4. The van der Waals surface area contributed by atoms with Crippen molar-refractivity contribution in [1.29, 1.82) is 0 Å². The van der Waals surface area contributed by atoms with Gasteiger partial charge in [-0.3, -0.25) is 8.42 Å². The molecule has 0 heterocycles. The van der Waals surface area contributed by atoms with Crippen LogP contribution in [0.2, 0.25) is 0 Å². The second kappa shape index (κ2) is 14.5. The number of benzene rings is 1. The van der Waals surface area contributed by atoms with Crippen LogP contribution < -0.4 is 64.4 Å². The summed E-state index contributed by atoms with van der Waals surface area (Å²) in [6.45, 7) is 0. The minimum Gasteiger partial charge on any atom is -0.759 e. The molecule has 8 heteroatoms. The van der Waals surface area contributed by atoms with Crippen molar-refractivity contribution in [3.8, 4) is 0 Å². The van der Waals surface area contributed by atoms with E-state index in [-0.39, 0.29) is 67.0 Å². The number of rotatable bonds is 3. The van der Waals surface area contributed by atoms with Crippen LogP contribution in [-0.2, 0) is 10.4 Å². The summed E-state index contributed by atoms with van der Waals surface area (Å²) in [4.78, 5) is 0. The third kappa shape index (κ3) is 10.9. The smallest absolute Gasteiger partial charge is 0.759 e. The molecule has 0 bridgehead atoms. The largest absolute Gasteiger partial charge is 1.00 e. The minimum atomic E-state index is -5.17. The van der Waals surface area contributed by atoms with Gasteiger partial charge in [-0.1, -0.05) is 76.8 Å². The zero-order valence-corrected chi connectivity index (χ0v) is 21.8. The van der Waals surface area contributed by atoms with Crippen LogP contribution >= 0.6 is 7.92 Å². The van der Waals surface area contributed by atoms with Gasteiger partial charge in [-0.25, -0.2) is 0 Å². The van der Waals surface area contributed by atoms with Gasteiger partial charge >= 0.3 is 59.1 Å². The fraction of sp³-hybridized carbons (Fsp3) is 0.667. The summed E-state index contributed by atoms with van der Waals surface area (Å²) in [5.41, 5.74) is 2.07. The SMILES string of the molecule is O=S(=O)([O-])[O-].[Na+].[Na+].c1ccc(P(C2CCCCC2)C2CCCCC2)cc1. The van der Waals surface area contributed by atoms with Crippen molar-refractivity contribution in [2.75, 3.05) is 0 Å². The molecule has 0 atom stereocenters. The Balaban J connectivity index is 0.000000798. The van der Waals surface area contributed by atoms with Gasteiger partial charge < -0.3 is 9.11 Å². The van der Waals surface area contributed by atoms with E-state index in [1.54, 1.807) is 5.30 Å². The normalized spacial score (nSPS) is 18.9. The van der Waals surface area contributed by atoms with Crippen LogP contribution in [0, 0.1) is 0 Å². The van der Waals surface area contributed by atoms with Crippen molar-refractivity contribution in [2.45, 2.75) is 75.5 Å². The van der Waals surface area contributed by atoms with Crippen LogP contribution in [0.3, 0.4) is 0 Å². The first-order chi connectivity index (χ1) is 11.4. The van der Waals surface area contributed by atoms with Gasteiger partial charge in [0.05, 0.1) is 0 Å². The Morgan fingerprint density at radius 2 is 1.08 bits per heavy atom. The van der Waals surface area contributed by atoms with Crippen molar-refractivity contribution < 1.29 is 76.6 Å². The molecule has 2 fully saturated rings. The Kier molecular flexibility index (Phi) is 15.3. The average Bonchev–Trinajstić information content (AvgIpc) is 2.57. The van der Waals surface area contributed by atoms with Crippen LogP contribution in [-0.4, -0.2) is 28.8 Å². The zero-order valence-electron chi connectivity index (χ0n) is 16.1. The summed E-state index contributed by atoms with van der Waals surface area (Å²) < 4.78 is 34.1. The second-order valence-corrected chi connectivity index (χ2v) is 10.3. The fourth-order valence-electron chi connectivity index (χ4n) is 4.04. The van der Waals surface area contributed by atoms with E-state index in [1.165, 1.54) is 64.2 Å². The third-order valence-corrected chi connectivity index (χ3v) is 8.49. The minimum absolute atomic E-state index is 0. The molecule has 0 saturated heterocycles. The van der Waals surface area contributed by atoms with Crippen LogP contribution in [0.4, 0.5) is 0 Å². The molecule has 0 radical (unpaired) electrons. The van der Waals surface area contributed by atoms with Crippen LogP contribution in [0.5, 0.6) is 0 Å². The van der Waals surface area contributed by atoms with Crippen molar-refractivity contribution in [3.05, 3.63) is 30.3 Å². The maximum atomic E-state index is 8.52. The molecular formula is C18H27Na2O4PS. The second-order valence-electron chi connectivity index (χ2n) is 6.73. The molecule has 0 N–H and O–H groups in total. The van der Waals surface area contributed by atoms with E-state index >= 15 is 0 Å². The van der Waals surface area contributed by atoms with Crippen molar-refractivity contribution in [1.82, 2.24) is 0 Å². The van der Waals surface area contributed by atoms with Gasteiger partial charge in [-0.2, -0.15) is 0 Å². The van der Waals surface area contributed by atoms with E-state index in [4.69, 9.17) is 17.5 Å². The summed E-state index contributed by atoms with van der Waals surface area (Å²) >= 11 is 0. The Labute approximate surface area is 204 Å². The summed E-state index contributed by atoms with van der Waals surface area (Å²) in [5.74, 6) is 0. The predicted octanol–water partition coefficient (Wildman–Crippen LogP) is -1.87. The topological polar surface area (TPSA) is 80.3 Å². The molecule has 0 amide bonds. The van der Waals surface area contributed by atoms with E-state index in [1.807, 2.05) is 0 Å². The first kappa shape index (κ1) is 27.5. The summed E-state index contributed by atoms with van der Waals surface area (Å²) in [6.07, 6.45) is 15.0.